The van der Waals surface area contributed by atoms with Gasteiger partial charge in [-0.3, -0.25) is 0 Å². The van der Waals surface area contributed by atoms with Crippen LogP contribution in [0.1, 0.15) is 22.8 Å². The Balaban J connectivity index is 1.92. The summed E-state index contributed by atoms with van der Waals surface area (Å²) in [7, 11) is 1.67. The Labute approximate surface area is 143 Å². The van der Waals surface area contributed by atoms with Crippen LogP contribution in [0.3, 0.4) is 0 Å². The number of methoxy groups -OCH3 is 1. The standard InChI is InChI=1S/C20H25NO3/c1-14-5-4-6-16(11-14)20(19-13-21-9-10-23-19)24-17-8-7-15(2)12-18(17)22-3/h4-8,11-12,19-21H,9-10,13H2,1-3H3/t19-,20-/m0/s1. The van der Waals surface area contributed by atoms with Crippen LogP contribution in [-0.2, 0) is 4.74 Å². The number of aryl methyl sites for hydroxylation is 2. The lowest BCUT2D eigenvalue weighted by Crippen LogP contribution is -2.43. The van der Waals surface area contributed by atoms with Crippen LogP contribution >= 0.6 is 0 Å². The predicted octanol–water partition coefficient (Wildman–Crippen LogP) is 3.42. The predicted molar refractivity (Wildman–Crippen MR) is 94.9 cm³/mol. The minimum absolute atomic E-state index is 0.0356. The first-order valence-corrected chi connectivity index (χ1v) is 8.37. The summed E-state index contributed by atoms with van der Waals surface area (Å²) in [5.74, 6) is 1.49. The molecular formula is C20H25NO3. The Morgan fingerprint density at radius 1 is 1.08 bits per heavy atom. The molecule has 1 aliphatic heterocycles. The second-order valence-electron chi connectivity index (χ2n) is 6.22. The van der Waals surface area contributed by atoms with Crippen molar-refractivity contribution in [2.75, 3.05) is 26.8 Å². The van der Waals surface area contributed by atoms with Crippen LogP contribution in [-0.4, -0.2) is 32.9 Å². The minimum atomic E-state index is -0.186. The van der Waals surface area contributed by atoms with Crippen molar-refractivity contribution in [2.45, 2.75) is 26.1 Å². The molecule has 0 aliphatic carbocycles. The van der Waals surface area contributed by atoms with Crippen molar-refractivity contribution in [3.8, 4) is 11.5 Å². The molecule has 1 N–H and O–H groups in total. The van der Waals surface area contributed by atoms with E-state index in [1.165, 1.54) is 5.56 Å². The minimum Gasteiger partial charge on any atom is -0.493 e. The van der Waals surface area contributed by atoms with Crippen LogP contribution in [0.4, 0.5) is 0 Å². The second-order valence-corrected chi connectivity index (χ2v) is 6.22. The molecule has 3 rings (SSSR count). The van der Waals surface area contributed by atoms with Crippen LogP contribution in [0.5, 0.6) is 11.5 Å². The van der Waals surface area contributed by atoms with E-state index in [2.05, 4.69) is 36.5 Å². The summed E-state index contributed by atoms with van der Waals surface area (Å²) in [6.45, 7) is 6.48. The van der Waals surface area contributed by atoms with Crippen molar-refractivity contribution in [3.05, 3.63) is 59.2 Å². The van der Waals surface area contributed by atoms with Crippen LogP contribution in [0, 0.1) is 13.8 Å². The van der Waals surface area contributed by atoms with E-state index in [9.17, 15) is 0 Å². The molecule has 4 heteroatoms. The molecule has 0 unspecified atom stereocenters. The lowest BCUT2D eigenvalue weighted by atomic mass is 10.0. The molecule has 2 atom stereocenters. The Bertz CT molecular complexity index is 680. The fourth-order valence-electron chi connectivity index (χ4n) is 2.99. The quantitative estimate of drug-likeness (QED) is 0.913. The maximum absolute atomic E-state index is 6.38. The van der Waals surface area contributed by atoms with E-state index in [1.807, 2.05) is 25.1 Å². The second kappa shape index (κ2) is 7.69. The van der Waals surface area contributed by atoms with Gasteiger partial charge in [0.1, 0.15) is 6.10 Å². The molecule has 0 radical (unpaired) electrons. The summed E-state index contributed by atoms with van der Waals surface area (Å²) in [5, 5.41) is 3.39. The van der Waals surface area contributed by atoms with Gasteiger partial charge in [0.2, 0.25) is 0 Å². The van der Waals surface area contributed by atoms with Crippen molar-refractivity contribution in [3.63, 3.8) is 0 Å². The fraction of sp³-hybridized carbons (Fsp3) is 0.400. The van der Waals surface area contributed by atoms with E-state index in [1.54, 1.807) is 7.11 Å². The van der Waals surface area contributed by atoms with Crippen molar-refractivity contribution < 1.29 is 14.2 Å². The SMILES string of the molecule is COc1cc(C)ccc1O[C@@H](c1cccc(C)c1)[C@@H]1CNCCO1. The van der Waals surface area contributed by atoms with E-state index in [0.29, 0.717) is 6.61 Å². The highest BCUT2D eigenvalue weighted by Gasteiger charge is 2.28. The molecule has 1 saturated heterocycles. The normalized spacial score (nSPS) is 18.9. The summed E-state index contributed by atoms with van der Waals surface area (Å²) in [5.41, 5.74) is 3.47. The zero-order chi connectivity index (χ0) is 16.9. The molecule has 1 aliphatic rings. The van der Waals surface area contributed by atoms with Gasteiger partial charge in [0.15, 0.2) is 17.6 Å². The van der Waals surface area contributed by atoms with E-state index in [-0.39, 0.29) is 12.2 Å². The van der Waals surface area contributed by atoms with Crippen LogP contribution in [0.2, 0.25) is 0 Å². The van der Waals surface area contributed by atoms with Gasteiger partial charge in [0, 0.05) is 13.1 Å². The summed E-state index contributed by atoms with van der Waals surface area (Å²) in [6.07, 6.45) is -0.221. The summed E-state index contributed by atoms with van der Waals surface area (Å²) in [4.78, 5) is 0. The van der Waals surface area contributed by atoms with E-state index < -0.39 is 0 Å². The molecule has 0 bridgehead atoms. The number of hydrogen-bond acceptors (Lipinski definition) is 4. The Morgan fingerprint density at radius 2 is 1.92 bits per heavy atom. The summed E-state index contributed by atoms with van der Waals surface area (Å²) >= 11 is 0. The van der Waals surface area contributed by atoms with Gasteiger partial charge in [0.05, 0.1) is 13.7 Å². The number of ether oxygens (including phenoxy) is 3. The van der Waals surface area contributed by atoms with Gasteiger partial charge < -0.3 is 19.5 Å². The molecular weight excluding hydrogens is 302 g/mol. The van der Waals surface area contributed by atoms with Crippen molar-refractivity contribution >= 4 is 0 Å². The number of benzene rings is 2. The van der Waals surface area contributed by atoms with Gasteiger partial charge in [-0.15, -0.1) is 0 Å². The molecule has 24 heavy (non-hydrogen) atoms. The van der Waals surface area contributed by atoms with E-state index in [4.69, 9.17) is 14.2 Å². The number of morpholine rings is 1. The van der Waals surface area contributed by atoms with Gasteiger partial charge in [-0.2, -0.15) is 0 Å². The van der Waals surface area contributed by atoms with Crippen LogP contribution in [0.15, 0.2) is 42.5 Å². The molecule has 0 saturated carbocycles. The van der Waals surface area contributed by atoms with E-state index in [0.717, 1.165) is 35.7 Å². The highest BCUT2D eigenvalue weighted by atomic mass is 16.6. The molecule has 1 heterocycles. The van der Waals surface area contributed by atoms with Crippen molar-refractivity contribution in [1.29, 1.82) is 0 Å². The number of nitrogens with one attached hydrogen (secondary N) is 1. The van der Waals surface area contributed by atoms with Crippen molar-refractivity contribution in [2.24, 2.45) is 0 Å². The average molecular weight is 327 g/mol. The zero-order valence-electron chi connectivity index (χ0n) is 14.5. The molecule has 1 fully saturated rings. The topological polar surface area (TPSA) is 39.7 Å². The highest BCUT2D eigenvalue weighted by Crippen LogP contribution is 2.34. The summed E-state index contributed by atoms with van der Waals surface area (Å²) < 4.78 is 17.9. The Morgan fingerprint density at radius 3 is 2.62 bits per heavy atom. The lowest BCUT2D eigenvalue weighted by molar-refractivity contribution is -0.0438. The summed E-state index contributed by atoms with van der Waals surface area (Å²) in [6, 6.07) is 14.4. The van der Waals surface area contributed by atoms with Crippen molar-refractivity contribution in [1.82, 2.24) is 5.32 Å². The smallest absolute Gasteiger partial charge is 0.162 e. The molecule has 0 aromatic heterocycles. The number of hydrogen-bond donors (Lipinski definition) is 1. The molecule has 0 spiro atoms. The zero-order valence-corrected chi connectivity index (χ0v) is 14.5. The molecule has 2 aromatic carbocycles. The van der Waals surface area contributed by atoms with Gasteiger partial charge in [0.25, 0.3) is 0 Å². The highest BCUT2D eigenvalue weighted by molar-refractivity contribution is 5.43. The first-order valence-electron chi connectivity index (χ1n) is 8.37. The van der Waals surface area contributed by atoms with Gasteiger partial charge in [-0.25, -0.2) is 0 Å². The molecule has 0 amide bonds. The molecule has 2 aromatic rings. The largest absolute Gasteiger partial charge is 0.493 e. The third-order valence-electron chi connectivity index (χ3n) is 4.24. The van der Waals surface area contributed by atoms with Gasteiger partial charge >= 0.3 is 0 Å². The Kier molecular flexibility index (Phi) is 5.38. The van der Waals surface area contributed by atoms with Gasteiger partial charge in [-0.1, -0.05) is 35.9 Å². The first-order chi connectivity index (χ1) is 11.7. The third-order valence-corrected chi connectivity index (χ3v) is 4.24. The van der Waals surface area contributed by atoms with E-state index >= 15 is 0 Å². The van der Waals surface area contributed by atoms with Crippen LogP contribution in [0.25, 0.3) is 0 Å². The lowest BCUT2D eigenvalue weighted by Gasteiger charge is -2.32. The molecule has 4 nitrogen and oxygen atoms in total. The Hall–Kier alpha value is -2.04. The van der Waals surface area contributed by atoms with Crippen LogP contribution < -0.4 is 14.8 Å². The average Bonchev–Trinajstić information content (AvgIpc) is 2.61. The number of rotatable bonds is 5. The third kappa shape index (κ3) is 3.89. The monoisotopic (exact) mass is 327 g/mol. The molecule has 128 valence electrons. The fourth-order valence-corrected chi connectivity index (χ4v) is 2.99. The van der Waals surface area contributed by atoms with Gasteiger partial charge in [-0.05, 0) is 37.1 Å². The first kappa shape index (κ1) is 16.8. The maximum atomic E-state index is 6.38. The maximum Gasteiger partial charge on any atom is 0.162 e.